The molecule has 1 N–H and O–H groups in total. The van der Waals surface area contributed by atoms with Crippen LogP contribution in [0.1, 0.15) is 51.5 Å². The number of benzene rings is 1. The van der Waals surface area contributed by atoms with E-state index in [9.17, 15) is 0 Å². The third kappa shape index (κ3) is 4.99. The number of nitrogens with one attached hydrogen (secondary N) is 1. The van der Waals surface area contributed by atoms with Crippen molar-refractivity contribution in [3.8, 4) is 5.75 Å². The van der Waals surface area contributed by atoms with Crippen LogP contribution in [0.3, 0.4) is 0 Å². The summed E-state index contributed by atoms with van der Waals surface area (Å²) in [5.41, 5.74) is 2.47. The first-order valence-corrected chi connectivity index (χ1v) is 7.08. The van der Waals surface area contributed by atoms with Gasteiger partial charge in [0.25, 0.3) is 0 Å². The number of rotatable bonds is 8. The summed E-state index contributed by atoms with van der Waals surface area (Å²) in [6, 6.07) is 6.71. The predicted octanol–water partition coefficient (Wildman–Crippen LogP) is 4.77. The number of unbranched alkanes of at least 4 members (excludes halogenated alkanes) is 3. The molecule has 18 heavy (non-hydrogen) atoms. The van der Waals surface area contributed by atoms with Gasteiger partial charge in [-0.1, -0.05) is 38.7 Å². The summed E-state index contributed by atoms with van der Waals surface area (Å²) in [6.07, 6.45) is 6.54. The zero-order valence-electron chi connectivity index (χ0n) is 12.3. The molecule has 0 aliphatic heterocycles. The fourth-order valence-electron chi connectivity index (χ4n) is 2.10. The molecule has 1 rings (SSSR count). The Morgan fingerprint density at radius 3 is 2.67 bits per heavy atom. The lowest BCUT2D eigenvalue weighted by molar-refractivity contribution is 0.415. The molecule has 102 valence electrons. The van der Waals surface area contributed by atoms with E-state index >= 15 is 0 Å². The standard InChI is InChI=1S/C16H27NO/c1-5-6-7-8-9-14(3)17-16-12-15(18-4)11-10-13(16)2/h10-12,14,17H,5-9H2,1-4H3. The van der Waals surface area contributed by atoms with Crippen LogP contribution in [0.4, 0.5) is 5.69 Å². The Hall–Kier alpha value is -1.18. The van der Waals surface area contributed by atoms with E-state index in [1.54, 1.807) is 7.11 Å². The van der Waals surface area contributed by atoms with E-state index < -0.39 is 0 Å². The molecular formula is C16H27NO. The van der Waals surface area contributed by atoms with Crippen LogP contribution >= 0.6 is 0 Å². The van der Waals surface area contributed by atoms with Crippen molar-refractivity contribution in [1.82, 2.24) is 0 Å². The van der Waals surface area contributed by atoms with E-state index in [1.807, 2.05) is 6.07 Å². The van der Waals surface area contributed by atoms with Crippen LogP contribution < -0.4 is 10.1 Å². The number of aryl methyl sites for hydroxylation is 1. The van der Waals surface area contributed by atoms with Crippen LogP contribution in [0.2, 0.25) is 0 Å². The Morgan fingerprint density at radius 2 is 2.00 bits per heavy atom. The van der Waals surface area contributed by atoms with Gasteiger partial charge < -0.3 is 10.1 Å². The molecule has 0 aliphatic rings. The third-order valence-electron chi connectivity index (χ3n) is 3.34. The maximum absolute atomic E-state index is 5.26. The summed E-state index contributed by atoms with van der Waals surface area (Å²) in [5.74, 6) is 0.918. The van der Waals surface area contributed by atoms with Crippen LogP contribution in [-0.4, -0.2) is 13.2 Å². The van der Waals surface area contributed by atoms with Gasteiger partial charge in [0, 0.05) is 17.8 Å². The quantitative estimate of drug-likeness (QED) is 0.670. The average molecular weight is 249 g/mol. The normalized spacial score (nSPS) is 12.2. The summed E-state index contributed by atoms with van der Waals surface area (Å²) < 4.78 is 5.26. The van der Waals surface area contributed by atoms with Crippen molar-refractivity contribution in [1.29, 1.82) is 0 Å². The first-order valence-electron chi connectivity index (χ1n) is 7.08. The van der Waals surface area contributed by atoms with E-state index in [1.165, 1.54) is 43.4 Å². The van der Waals surface area contributed by atoms with Gasteiger partial charge in [0.05, 0.1) is 7.11 Å². The van der Waals surface area contributed by atoms with Gasteiger partial charge >= 0.3 is 0 Å². The minimum Gasteiger partial charge on any atom is -0.497 e. The number of hydrogen-bond acceptors (Lipinski definition) is 2. The molecule has 0 aromatic heterocycles. The Labute approximate surface area is 112 Å². The molecule has 0 fully saturated rings. The second-order valence-electron chi connectivity index (χ2n) is 5.08. The first-order chi connectivity index (χ1) is 8.67. The molecule has 0 heterocycles. The van der Waals surface area contributed by atoms with Gasteiger partial charge in [0.15, 0.2) is 0 Å². The van der Waals surface area contributed by atoms with Crippen LogP contribution in [0, 0.1) is 6.92 Å². The van der Waals surface area contributed by atoms with E-state index in [0.29, 0.717) is 6.04 Å². The van der Waals surface area contributed by atoms with Gasteiger partial charge in [-0.25, -0.2) is 0 Å². The second-order valence-corrected chi connectivity index (χ2v) is 5.08. The fraction of sp³-hybridized carbons (Fsp3) is 0.625. The second kappa shape index (κ2) is 8.02. The lowest BCUT2D eigenvalue weighted by Crippen LogP contribution is -2.15. The Bertz CT molecular complexity index is 349. The highest BCUT2D eigenvalue weighted by Gasteiger charge is 2.05. The minimum atomic E-state index is 0.521. The highest BCUT2D eigenvalue weighted by molar-refractivity contribution is 5.55. The van der Waals surface area contributed by atoms with Gasteiger partial charge in [-0.3, -0.25) is 0 Å². The van der Waals surface area contributed by atoms with Crippen LogP contribution in [0.5, 0.6) is 5.75 Å². The lowest BCUT2D eigenvalue weighted by atomic mass is 10.1. The van der Waals surface area contributed by atoms with Crippen LogP contribution in [-0.2, 0) is 0 Å². The largest absolute Gasteiger partial charge is 0.497 e. The van der Waals surface area contributed by atoms with E-state index in [0.717, 1.165) is 5.75 Å². The molecule has 0 aliphatic carbocycles. The Morgan fingerprint density at radius 1 is 1.22 bits per heavy atom. The Kier molecular flexibility index (Phi) is 6.63. The SMILES string of the molecule is CCCCCCC(C)Nc1cc(OC)ccc1C. The van der Waals surface area contributed by atoms with Crippen LogP contribution in [0.25, 0.3) is 0 Å². The van der Waals surface area contributed by atoms with Gasteiger partial charge in [0.2, 0.25) is 0 Å². The van der Waals surface area contributed by atoms with Gasteiger partial charge in [-0.05, 0) is 31.9 Å². The predicted molar refractivity (Wildman–Crippen MR) is 79.6 cm³/mol. The third-order valence-corrected chi connectivity index (χ3v) is 3.34. The zero-order chi connectivity index (χ0) is 13.4. The van der Waals surface area contributed by atoms with E-state index in [-0.39, 0.29) is 0 Å². The van der Waals surface area contributed by atoms with Gasteiger partial charge in [0.1, 0.15) is 5.75 Å². The molecule has 2 nitrogen and oxygen atoms in total. The first kappa shape index (κ1) is 14.9. The minimum absolute atomic E-state index is 0.521. The highest BCUT2D eigenvalue weighted by atomic mass is 16.5. The zero-order valence-corrected chi connectivity index (χ0v) is 12.3. The molecule has 0 bridgehead atoms. The molecule has 0 amide bonds. The van der Waals surface area contributed by atoms with Crippen molar-refractivity contribution in [2.24, 2.45) is 0 Å². The molecule has 0 spiro atoms. The molecule has 2 heteroatoms. The fourth-order valence-corrected chi connectivity index (χ4v) is 2.10. The van der Waals surface area contributed by atoms with Crippen molar-refractivity contribution in [3.05, 3.63) is 23.8 Å². The van der Waals surface area contributed by atoms with Gasteiger partial charge in [-0.15, -0.1) is 0 Å². The van der Waals surface area contributed by atoms with Gasteiger partial charge in [-0.2, -0.15) is 0 Å². The molecule has 0 saturated heterocycles. The number of hydrogen-bond donors (Lipinski definition) is 1. The average Bonchev–Trinajstić information content (AvgIpc) is 2.37. The van der Waals surface area contributed by atoms with E-state index in [4.69, 9.17) is 4.74 Å². The highest BCUT2D eigenvalue weighted by Crippen LogP contribution is 2.23. The van der Waals surface area contributed by atoms with E-state index in [2.05, 4.69) is 38.2 Å². The summed E-state index contributed by atoms with van der Waals surface area (Å²) in [5, 5.41) is 3.58. The van der Waals surface area contributed by atoms with Crippen molar-refractivity contribution >= 4 is 5.69 Å². The lowest BCUT2D eigenvalue weighted by Gasteiger charge is -2.17. The summed E-state index contributed by atoms with van der Waals surface area (Å²) >= 11 is 0. The summed E-state index contributed by atoms with van der Waals surface area (Å²) in [6.45, 7) is 6.64. The molecule has 1 aromatic rings. The topological polar surface area (TPSA) is 21.3 Å². The van der Waals surface area contributed by atoms with Crippen molar-refractivity contribution in [3.63, 3.8) is 0 Å². The molecule has 0 saturated carbocycles. The van der Waals surface area contributed by atoms with Crippen molar-refractivity contribution in [2.75, 3.05) is 12.4 Å². The van der Waals surface area contributed by atoms with Crippen molar-refractivity contribution < 1.29 is 4.74 Å². The Balaban J connectivity index is 2.45. The molecular weight excluding hydrogens is 222 g/mol. The summed E-state index contributed by atoms with van der Waals surface area (Å²) in [7, 11) is 1.71. The maximum Gasteiger partial charge on any atom is 0.120 e. The van der Waals surface area contributed by atoms with Crippen LogP contribution in [0.15, 0.2) is 18.2 Å². The smallest absolute Gasteiger partial charge is 0.120 e. The molecule has 0 radical (unpaired) electrons. The van der Waals surface area contributed by atoms with Crippen molar-refractivity contribution in [2.45, 2.75) is 58.9 Å². The number of anilines is 1. The number of methoxy groups -OCH3 is 1. The number of ether oxygens (including phenoxy) is 1. The summed E-state index contributed by atoms with van der Waals surface area (Å²) in [4.78, 5) is 0. The molecule has 1 unspecified atom stereocenters. The molecule has 1 atom stereocenters. The molecule has 1 aromatic carbocycles. The monoisotopic (exact) mass is 249 g/mol. The maximum atomic E-state index is 5.26.